The van der Waals surface area contributed by atoms with E-state index in [2.05, 4.69) is 12.2 Å². The van der Waals surface area contributed by atoms with Gasteiger partial charge in [0.2, 0.25) is 0 Å². The van der Waals surface area contributed by atoms with E-state index in [9.17, 15) is 4.79 Å². The standard InChI is InChI=1S/C5H9NO2S/c6-4(5(7)8)2-1-3-9/h3-4H,1-2,6H2,(H,7,8). The Morgan fingerprint density at radius 2 is 2.44 bits per heavy atom. The molecule has 4 heteroatoms. The highest BCUT2D eigenvalue weighted by molar-refractivity contribution is 7.78. The molecule has 1 atom stereocenters. The van der Waals surface area contributed by atoms with E-state index in [4.69, 9.17) is 10.8 Å². The zero-order chi connectivity index (χ0) is 7.28. The van der Waals surface area contributed by atoms with Crippen molar-refractivity contribution in [2.75, 3.05) is 0 Å². The maximum atomic E-state index is 10.0. The van der Waals surface area contributed by atoms with E-state index in [1.165, 1.54) is 5.37 Å². The van der Waals surface area contributed by atoms with Gasteiger partial charge in [0.1, 0.15) is 6.04 Å². The van der Waals surface area contributed by atoms with Crippen molar-refractivity contribution in [2.24, 2.45) is 5.73 Å². The fraction of sp³-hybridized carbons (Fsp3) is 0.600. The Hall–Kier alpha value is -0.480. The molecule has 9 heavy (non-hydrogen) atoms. The molecule has 0 radical (unpaired) electrons. The SMILES string of the molecule is NC(CCC=S)C(=O)O. The second-order valence-corrected chi connectivity index (χ2v) is 2.02. The molecule has 0 fully saturated rings. The third-order valence-electron chi connectivity index (χ3n) is 0.913. The van der Waals surface area contributed by atoms with E-state index < -0.39 is 12.0 Å². The summed E-state index contributed by atoms with van der Waals surface area (Å²) < 4.78 is 0. The Bertz CT molecular complexity index is 116. The molecule has 0 aliphatic rings. The van der Waals surface area contributed by atoms with E-state index in [1.807, 2.05) is 0 Å². The number of nitrogens with two attached hydrogens (primary N) is 1. The number of hydrogen-bond donors (Lipinski definition) is 2. The minimum Gasteiger partial charge on any atom is -0.480 e. The third kappa shape index (κ3) is 4.05. The van der Waals surface area contributed by atoms with Crippen LogP contribution in [0.3, 0.4) is 0 Å². The summed E-state index contributed by atoms with van der Waals surface area (Å²) in [6.07, 6.45) is 1.02. The van der Waals surface area contributed by atoms with Gasteiger partial charge in [-0.2, -0.15) is 0 Å². The number of rotatable bonds is 4. The summed E-state index contributed by atoms with van der Waals surface area (Å²) in [5.74, 6) is -0.966. The lowest BCUT2D eigenvalue weighted by Gasteiger charge is -2.00. The molecule has 0 aromatic rings. The molecule has 0 bridgehead atoms. The molecular formula is C5H9NO2S. The van der Waals surface area contributed by atoms with Crippen LogP contribution in [0, 0.1) is 0 Å². The Morgan fingerprint density at radius 3 is 2.78 bits per heavy atom. The topological polar surface area (TPSA) is 63.3 Å². The first kappa shape index (κ1) is 8.52. The van der Waals surface area contributed by atoms with Crippen LogP contribution < -0.4 is 5.73 Å². The van der Waals surface area contributed by atoms with Crippen molar-refractivity contribution in [3.63, 3.8) is 0 Å². The molecule has 0 aliphatic heterocycles. The van der Waals surface area contributed by atoms with E-state index >= 15 is 0 Å². The highest BCUT2D eigenvalue weighted by Gasteiger charge is 2.08. The second-order valence-electron chi connectivity index (χ2n) is 1.69. The lowest BCUT2D eigenvalue weighted by atomic mass is 10.2. The average Bonchev–Trinajstić information content (AvgIpc) is 1.82. The molecule has 0 amide bonds. The van der Waals surface area contributed by atoms with Crippen LogP contribution in [-0.2, 0) is 4.79 Å². The van der Waals surface area contributed by atoms with Crippen LogP contribution in [0.1, 0.15) is 12.8 Å². The first-order valence-electron chi connectivity index (χ1n) is 2.60. The average molecular weight is 147 g/mol. The number of hydrogen-bond acceptors (Lipinski definition) is 3. The van der Waals surface area contributed by atoms with Gasteiger partial charge in [0.05, 0.1) is 0 Å². The van der Waals surface area contributed by atoms with Crippen LogP contribution in [0.5, 0.6) is 0 Å². The highest BCUT2D eigenvalue weighted by Crippen LogP contribution is 1.90. The Morgan fingerprint density at radius 1 is 1.89 bits per heavy atom. The van der Waals surface area contributed by atoms with Crippen LogP contribution in [0.2, 0.25) is 0 Å². The van der Waals surface area contributed by atoms with Crippen molar-refractivity contribution in [2.45, 2.75) is 18.9 Å². The van der Waals surface area contributed by atoms with Crippen molar-refractivity contribution in [3.8, 4) is 0 Å². The zero-order valence-corrected chi connectivity index (χ0v) is 5.73. The van der Waals surface area contributed by atoms with Crippen molar-refractivity contribution >= 4 is 23.6 Å². The van der Waals surface area contributed by atoms with E-state index in [-0.39, 0.29) is 0 Å². The summed E-state index contributed by atoms with van der Waals surface area (Å²) in [5.41, 5.74) is 5.14. The number of carboxylic acid groups (broad SMARTS) is 1. The van der Waals surface area contributed by atoms with E-state index in [0.29, 0.717) is 12.8 Å². The quantitative estimate of drug-likeness (QED) is 0.557. The maximum absolute atomic E-state index is 10.0. The van der Waals surface area contributed by atoms with Crippen LogP contribution >= 0.6 is 12.2 Å². The molecule has 52 valence electrons. The molecule has 0 heterocycles. The van der Waals surface area contributed by atoms with Crippen LogP contribution in [-0.4, -0.2) is 22.5 Å². The van der Waals surface area contributed by atoms with Crippen molar-refractivity contribution in [1.82, 2.24) is 0 Å². The minimum atomic E-state index is -0.966. The summed E-state index contributed by atoms with van der Waals surface area (Å²) in [5, 5.41) is 9.72. The van der Waals surface area contributed by atoms with Gasteiger partial charge in [-0.05, 0) is 18.2 Å². The molecule has 1 unspecified atom stereocenters. The molecule has 0 saturated heterocycles. The molecule has 0 aromatic heterocycles. The second kappa shape index (κ2) is 4.40. The molecule has 3 N–H and O–H groups in total. The maximum Gasteiger partial charge on any atom is 0.320 e. The summed E-state index contributed by atoms with van der Waals surface area (Å²) in [4.78, 5) is 10.0. The normalized spacial score (nSPS) is 12.6. The predicted octanol–water partition coefficient (Wildman–Crippen LogP) is 0.178. The van der Waals surface area contributed by atoms with Gasteiger partial charge in [0, 0.05) is 0 Å². The van der Waals surface area contributed by atoms with E-state index in [1.54, 1.807) is 0 Å². The lowest BCUT2D eigenvalue weighted by molar-refractivity contribution is -0.138. The largest absolute Gasteiger partial charge is 0.480 e. The fourth-order valence-electron chi connectivity index (χ4n) is 0.371. The van der Waals surface area contributed by atoms with Gasteiger partial charge >= 0.3 is 5.97 Å². The molecule has 3 nitrogen and oxygen atoms in total. The summed E-state index contributed by atoms with van der Waals surface area (Å²) in [6.45, 7) is 0. The zero-order valence-electron chi connectivity index (χ0n) is 4.91. The number of carbonyl (C=O) groups is 1. The molecule has 0 saturated carbocycles. The van der Waals surface area contributed by atoms with Gasteiger partial charge in [0.15, 0.2) is 0 Å². The summed E-state index contributed by atoms with van der Waals surface area (Å²) >= 11 is 4.48. The molecule has 0 rings (SSSR count). The van der Waals surface area contributed by atoms with Gasteiger partial charge in [-0.15, -0.1) is 0 Å². The Kier molecular flexibility index (Phi) is 4.17. The molecule has 0 aliphatic carbocycles. The first-order valence-corrected chi connectivity index (χ1v) is 3.07. The Balaban J connectivity index is 3.37. The van der Waals surface area contributed by atoms with Gasteiger partial charge in [0.25, 0.3) is 0 Å². The minimum absolute atomic E-state index is 0.429. The first-order chi connectivity index (χ1) is 4.18. The fourth-order valence-corrected chi connectivity index (χ4v) is 0.507. The van der Waals surface area contributed by atoms with Crippen molar-refractivity contribution in [1.29, 1.82) is 0 Å². The summed E-state index contributed by atoms with van der Waals surface area (Å²) in [6, 6.07) is -0.760. The molecular weight excluding hydrogens is 138 g/mol. The van der Waals surface area contributed by atoms with E-state index in [0.717, 1.165) is 0 Å². The van der Waals surface area contributed by atoms with Crippen LogP contribution in [0.15, 0.2) is 0 Å². The van der Waals surface area contributed by atoms with Gasteiger partial charge in [-0.3, -0.25) is 4.79 Å². The van der Waals surface area contributed by atoms with Gasteiger partial charge < -0.3 is 10.8 Å². The number of thiocarbonyl (C=S) groups is 1. The Labute approximate surface area is 58.9 Å². The molecule has 0 aromatic carbocycles. The number of carboxylic acids is 1. The van der Waals surface area contributed by atoms with Crippen molar-refractivity contribution in [3.05, 3.63) is 0 Å². The van der Waals surface area contributed by atoms with Crippen LogP contribution in [0.25, 0.3) is 0 Å². The van der Waals surface area contributed by atoms with Gasteiger partial charge in [-0.1, -0.05) is 12.2 Å². The smallest absolute Gasteiger partial charge is 0.320 e. The third-order valence-corrected chi connectivity index (χ3v) is 1.15. The number of aliphatic carboxylic acids is 1. The van der Waals surface area contributed by atoms with Crippen LogP contribution in [0.4, 0.5) is 0 Å². The monoisotopic (exact) mass is 147 g/mol. The highest BCUT2D eigenvalue weighted by atomic mass is 32.1. The molecule has 0 spiro atoms. The van der Waals surface area contributed by atoms with Gasteiger partial charge in [-0.25, -0.2) is 0 Å². The van der Waals surface area contributed by atoms with Crippen molar-refractivity contribution < 1.29 is 9.90 Å². The lowest BCUT2D eigenvalue weighted by Crippen LogP contribution is -2.29. The summed E-state index contributed by atoms with van der Waals surface area (Å²) in [7, 11) is 0. The predicted molar refractivity (Wildman–Crippen MR) is 38.5 cm³/mol.